The van der Waals surface area contributed by atoms with E-state index in [2.05, 4.69) is 0 Å². The molecule has 0 saturated heterocycles. The largest absolute Gasteiger partial charge is 0.242 e. The van der Waals surface area contributed by atoms with Crippen LogP contribution in [0.4, 0.5) is 4.39 Å². The summed E-state index contributed by atoms with van der Waals surface area (Å²) < 4.78 is 35.9. The monoisotopic (exact) mass is 226 g/mol. The predicted molar refractivity (Wildman–Crippen MR) is 48.9 cm³/mol. The highest BCUT2D eigenvalue weighted by molar-refractivity contribution is 8.13. The van der Waals surface area contributed by atoms with Crippen LogP contribution in [0.3, 0.4) is 0 Å². The summed E-state index contributed by atoms with van der Waals surface area (Å²) in [5.41, 5.74) is -1.51. The second-order valence-corrected chi connectivity index (χ2v) is 6.94. The average Bonchev–Trinajstić information content (AvgIpc) is 2.80. The van der Waals surface area contributed by atoms with E-state index in [0.717, 1.165) is 25.7 Å². The van der Waals surface area contributed by atoms with Crippen molar-refractivity contribution in [2.45, 2.75) is 31.4 Å². The van der Waals surface area contributed by atoms with Crippen LogP contribution >= 0.6 is 10.7 Å². The molecule has 0 aliphatic heterocycles. The minimum atomic E-state index is -3.69. The van der Waals surface area contributed by atoms with Crippen molar-refractivity contribution in [2.75, 3.05) is 5.75 Å². The normalized spacial score (nSPS) is 24.8. The van der Waals surface area contributed by atoms with Gasteiger partial charge in [0.15, 0.2) is 0 Å². The predicted octanol–water partition coefficient (Wildman–Crippen LogP) is 2.08. The Morgan fingerprint density at radius 3 is 1.85 bits per heavy atom. The maximum Gasteiger partial charge on any atom is 0.235 e. The highest BCUT2D eigenvalue weighted by Gasteiger charge is 2.56. The fraction of sp³-hybridized carbons (Fsp3) is 1.00. The van der Waals surface area contributed by atoms with Crippen LogP contribution in [0.2, 0.25) is 0 Å². The molecule has 0 aromatic carbocycles. The summed E-state index contributed by atoms with van der Waals surface area (Å²) in [4.78, 5) is 0. The van der Waals surface area contributed by atoms with Gasteiger partial charge in [-0.1, -0.05) is 0 Å². The summed E-state index contributed by atoms with van der Waals surface area (Å²) in [6.45, 7) is 0. The molecule has 0 heterocycles. The average molecular weight is 227 g/mol. The molecule has 2 aliphatic carbocycles. The van der Waals surface area contributed by atoms with Gasteiger partial charge in [0.1, 0.15) is 5.67 Å². The van der Waals surface area contributed by atoms with Gasteiger partial charge in [0, 0.05) is 10.7 Å². The van der Waals surface area contributed by atoms with E-state index in [-0.39, 0.29) is 11.8 Å². The van der Waals surface area contributed by atoms with Gasteiger partial charge in [-0.25, -0.2) is 12.8 Å². The molecule has 2 nitrogen and oxygen atoms in total. The van der Waals surface area contributed by atoms with E-state index in [1.165, 1.54) is 0 Å². The van der Waals surface area contributed by atoms with Crippen LogP contribution in [0, 0.1) is 11.8 Å². The second kappa shape index (κ2) is 2.83. The van der Waals surface area contributed by atoms with Crippen molar-refractivity contribution in [1.29, 1.82) is 0 Å². The van der Waals surface area contributed by atoms with Crippen molar-refractivity contribution < 1.29 is 12.8 Å². The molecule has 0 radical (unpaired) electrons. The van der Waals surface area contributed by atoms with Gasteiger partial charge in [-0.3, -0.25) is 0 Å². The Kier molecular flexibility index (Phi) is 2.11. The van der Waals surface area contributed by atoms with E-state index >= 15 is 0 Å². The summed E-state index contributed by atoms with van der Waals surface area (Å²) in [5.74, 6) is -0.585. The molecule has 5 heteroatoms. The molecule has 2 saturated carbocycles. The van der Waals surface area contributed by atoms with Crippen LogP contribution in [-0.4, -0.2) is 19.8 Å². The van der Waals surface area contributed by atoms with Gasteiger partial charge >= 0.3 is 0 Å². The molecule has 13 heavy (non-hydrogen) atoms. The van der Waals surface area contributed by atoms with Gasteiger partial charge in [0.2, 0.25) is 9.05 Å². The van der Waals surface area contributed by atoms with Crippen molar-refractivity contribution >= 4 is 19.7 Å². The molecule has 0 aromatic heterocycles. The van der Waals surface area contributed by atoms with E-state index in [1.54, 1.807) is 0 Å². The molecule has 2 fully saturated rings. The first kappa shape index (κ1) is 9.71. The first-order valence-electron chi connectivity index (χ1n) is 4.53. The van der Waals surface area contributed by atoms with Gasteiger partial charge in [0.25, 0.3) is 0 Å². The summed E-state index contributed by atoms with van der Waals surface area (Å²) in [6, 6.07) is 0. The lowest BCUT2D eigenvalue weighted by atomic mass is 9.96. The molecule has 0 amide bonds. The van der Waals surface area contributed by atoms with Crippen LogP contribution in [-0.2, 0) is 9.05 Å². The van der Waals surface area contributed by atoms with Crippen LogP contribution in [0.5, 0.6) is 0 Å². The van der Waals surface area contributed by atoms with Crippen LogP contribution in [0.1, 0.15) is 25.7 Å². The maximum absolute atomic E-state index is 14.2. The third-order valence-corrected chi connectivity index (χ3v) is 4.02. The highest BCUT2D eigenvalue weighted by Crippen LogP contribution is 2.55. The third kappa shape index (κ3) is 2.15. The molecule has 2 aliphatic rings. The smallest absolute Gasteiger partial charge is 0.235 e. The first-order chi connectivity index (χ1) is 5.92. The standard InChI is InChI=1S/C8H12ClFO2S/c9-13(11,12)5-8(10,6-1-2-6)7-3-4-7/h6-7H,1-5H2. The first-order valence-corrected chi connectivity index (χ1v) is 7.01. The molecule has 0 unspecified atom stereocenters. The highest BCUT2D eigenvalue weighted by atomic mass is 35.7. The van der Waals surface area contributed by atoms with Gasteiger partial charge in [-0.2, -0.15) is 0 Å². The Morgan fingerprint density at radius 2 is 1.62 bits per heavy atom. The van der Waals surface area contributed by atoms with E-state index in [4.69, 9.17) is 10.7 Å². The molecular formula is C8H12ClFO2S. The molecule has 0 bridgehead atoms. The molecule has 0 N–H and O–H groups in total. The summed E-state index contributed by atoms with van der Waals surface area (Å²) in [6.07, 6.45) is 3.28. The third-order valence-electron chi connectivity index (χ3n) is 2.91. The van der Waals surface area contributed by atoms with Crippen LogP contribution in [0.15, 0.2) is 0 Å². The number of rotatable bonds is 4. The van der Waals surface area contributed by atoms with Crippen molar-refractivity contribution in [3.05, 3.63) is 0 Å². The van der Waals surface area contributed by atoms with Crippen LogP contribution in [0.25, 0.3) is 0 Å². The van der Waals surface area contributed by atoms with Gasteiger partial charge in [0.05, 0.1) is 5.75 Å². The number of alkyl halides is 1. The Bertz CT molecular complexity index is 294. The minimum Gasteiger partial charge on any atom is -0.242 e. The molecule has 2 rings (SSSR count). The molecule has 76 valence electrons. The lowest BCUT2D eigenvalue weighted by molar-refractivity contribution is 0.131. The SMILES string of the molecule is O=S(=O)(Cl)CC(F)(C1CC1)C1CC1. The van der Waals surface area contributed by atoms with Crippen molar-refractivity contribution in [1.82, 2.24) is 0 Å². The topological polar surface area (TPSA) is 34.1 Å². The quantitative estimate of drug-likeness (QED) is 0.688. The summed E-state index contributed by atoms with van der Waals surface area (Å²) in [7, 11) is 1.40. The zero-order chi connectivity index (χ0) is 9.69. The van der Waals surface area contributed by atoms with Gasteiger partial charge in [-0.15, -0.1) is 0 Å². The van der Waals surface area contributed by atoms with Gasteiger partial charge < -0.3 is 0 Å². The molecule has 0 spiro atoms. The fourth-order valence-electron chi connectivity index (χ4n) is 1.96. The Hall–Kier alpha value is 0.170. The summed E-state index contributed by atoms with van der Waals surface area (Å²) >= 11 is 0. The minimum absolute atomic E-state index is 0.0477. The fourth-order valence-corrected chi connectivity index (χ4v) is 3.46. The Labute approximate surface area is 81.9 Å². The Morgan fingerprint density at radius 1 is 1.23 bits per heavy atom. The van der Waals surface area contributed by atoms with Crippen molar-refractivity contribution in [3.63, 3.8) is 0 Å². The zero-order valence-electron chi connectivity index (χ0n) is 7.17. The van der Waals surface area contributed by atoms with Crippen LogP contribution < -0.4 is 0 Å². The molecule has 0 aromatic rings. The lowest BCUT2D eigenvalue weighted by Crippen LogP contribution is -2.35. The second-order valence-electron chi connectivity index (χ2n) is 4.16. The maximum atomic E-state index is 14.2. The van der Waals surface area contributed by atoms with Gasteiger partial charge in [-0.05, 0) is 37.5 Å². The van der Waals surface area contributed by atoms with E-state index in [9.17, 15) is 12.8 Å². The zero-order valence-corrected chi connectivity index (χ0v) is 8.74. The van der Waals surface area contributed by atoms with E-state index in [0.29, 0.717) is 0 Å². The molecule has 0 atom stereocenters. The van der Waals surface area contributed by atoms with Crippen molar-refractivity contribution in [2.24, 2.45) is 11.8 Å². The lowest BCUT2D eigenvalue weighted by Gasteiger charge is -2.23. The van der Waals surface area contributed by atoms with Crippen molar-refractivity contribution in [3.8, 4) is 0 Å². The van der Waals surface area contributed by atoms with E-state index in [1.807, 2.05) is 0 Å². The number of halogens is 2. The summed E-state index contributed by atoms with van der Waals surface area (Å²) in [5, 5.41) is 0. The van der Waals surface area contributed by atoms with E-state index < -0.39 is 20.5 Å². The Balaban J connectivity index is 2.13. The molecular weight excluding hydrogens is 215 g/mol. The number of hydrogen-bond acceptors (Lipinski definition) is 2. The number of hydrogen-bond donors (Lipinski definition) is 0.